The average molecular weight is 294 g/mol. The van der Waals surface area contributed by atoms with E-state index in [9.17, 15) is 4.79 Å². The Hall–Kier alpha value is -1.55. The van der Waals surface area contributed by atoms with Gasteiger partial charge in [-0.15, -0.1) is 0 Å². The minimum atomic E-state index is -0.911. The number of hydrogen-bond donors (Lipinski definition) is 1. The third-order valence-electron chi connectivity index (χ3n) is 2.82. The van der Waals surface area contributed by atoms with Crippen LogP contribution in [0.4, 0.5) is 0 Å². The van der Waals surface area contributed by atoms with Crippen LogP contribution < -0.4 is 0 Å². The number of halogens is 1. The fraction of sp³-hybridized carbons (Fsp3) is 0.154. The van der Waals surface area contributed by atoms with Gasteiger partial charge in [0.1, 0.15) is 5.69 Å². The molecule has 1 aromatic carbocycles. The van der Waals surface area contributed by atoms with Crippen molar-refractivity contribution < 1.29 is 9.90 Å². The lowest BCUT2D eigenvalue weighted by Crippen LogP contribution is -2.05. The number of nitrogens with zero attached hydrogens (tertiary/aromatic N) is 1. The van der Waals surface area contributed by atoms with Crippen molar-refractivity contribution in [2.45, 2.75) is 6.92 Å². The van der Waals surface area contributed by atoms with E-state index in [2.05, 4.69) is 15.9 Å². The fourth-order valence-corrected chi connectivity index (χ4v) is 2.23. The highest BCUT2D eigenvalue weighted by Gasteiger charge is 2.13. The van der Waals surface area contributed by atoms with Crippen LogP contribution in [0.3, 0.4) is 0 Å². The Morgan fingerprint density at radius 1 is 1.29 bits per heavy atom. The summed E-state index contributed by atoms with van der Waals surface area (Å²) in [5.74, 6) is -0.911. The Morgan fingerprint density at radius 2 is 2.00 bits per heavy atom. The summed E-state index contributed by atoms with van der Waals surface area (Å²) in [7, 11) is 1.76. The van der Waals surface area contributed by atoms with E-state index in [1.807, 2.05) is 31.2 Å². The van der Waals surface area contributed by atoms with Crippen molar-refractivity contribution in [3.8, 4) is 11.3 Å². The molecule has 0 aliphatic heterocycles. The molecule has 0 amide bonds. The second kappa shape index (κ2) is 4.37. The molecule has 0 aliphatic rings. The van der Waals surface area contributed by atoms with Crippen molar-refractivity contribution in [3.05, 3.63) is 46.1 Å². The zero-order chi connectivity index (χ0) is 12.6. The zero-order valence-corrected chi connectivity index (χ0v) is 11.2. The van der Waals surface area contributed by atoms with Crippen LogP contribution in [0.15, 0.2) is 34.8 Å². The van der Waals surface area contributed by atoms with E-state index in [0.29, 0.717) is 5.69 Å². The number of benzene rings is 1. The van der Waals surface area contributed by atoms with Gasteiger partial charge >= 0.3 is 5.97 Å². The molecule has 1 heterocycles. The Balaban J connectivity index is 2.61. The molecule has 0 atom stereocenters. The summed E-state index contributed by atoms with van der Waals surface area (Å²) in [5.41, 5.74) is 3.35. The van der Waals surface area contributed by atoms with Gasteiger partial charge in [0.15, 0.2) is 0 Å². The van der Waals surface area contributed by atoms with Crippen LogP contribution in [0.5, 0.6) is 0 Å². The van der Waals surface area contributed by atoms with Gasteiger partial charge in [0.2, 0.25) is 0 Å². The predicted octanol–water partition coefficient (Wildman–Crippen LogP) is 3.46. The molecule has 1 N–H and O–H groups in total. The van der Waals surface area contributed by atoms with Crippen LogP contribution in [-0.4, -0.2) is 15.6 Å². The lowest BCUT2D eigenvalue weighted by atomic mass is 10.1. The monoisotopic (exact) mass is 293 g/mol. The minimum absolute atomic E-state index is 0.291. The Bertz CT molecular complexity index is 587. The normalized spacial score (nSPS) is 10.5. The third-order valence-corrected chi connectivity index (χ3v) is 3.31. The zero-order valence-electron chi connectivity index (χ0n) is 9.57. The molecule has 88 valence electrons. The number of rotatable bonds is 2. The summed E-state index contributed by atoms with van der Waals surface area (Å²) >= 11 is 3.43. The van der Waals surface area contributed by atoms with E-state index in [1.54, 1.807) is 17.7 Å². The van der Waals surface area contributed by atoms with Crippen molar-refractivity contribution in [1.29, 1.82) is 0 Å². The van der Waals surface area contributed by atoms with Crippen LogP contribution >= 0.6 is 15.9 Å². The van der Waals surface area contributed by atoms with E-state index < -0.39 is 5.97 Å². The molecule has 2 aromatic rings. The van der Waals surface area contributed by atoms with Crippen molar-refractivity contribution in [3.63, 3.8) is 0 Å². The van der Waals surface area contributed by atoms with Gasteiger partial charge < -0.3 is 9.67 Å². The number of aryl methyl sites for hydroxylation is 1. The molecule has 0 radical (unpaired) electrons. The van der Waals surface area contributed by atoms with Gasteiger partial charge in [-0.1, -0.05) is 22.0 Å². The van der Waals surface area contributed by atoms with Crippen molar-refractivity contribution in [1.82, 2.24) is 4.57 Å². The smallest absolute Gasteiger partial charge is 0.352 e. The Kier molecular flexibility index (Phi) is 3.07. The van der Waals surface area contributed by atoms with E-state index in [0.717, 1.165) is 21.3 Å². The van der Waals surface area contributed by atoms with Gasteiger partial charge in [0, 0.05) is 22.8 Å². The maximum atomic E-state index is 11.0. The van der Waals surface area contributed by atoms with E-state index in [4.69, 9.17) is 5.11 Å². The van der Waals surface area contributed by atoms with Crippen molar-refractivity contribution in [2.75, 3.05) is 0 Å². The molecule has 0 unspecified atom stereocenters. The van der Waals surface area contributed by atoms with Crippen LogP contribution in [0.2, 0.25) is 0 Å². The molecule has 0 saturated heterocycles. The maximum Gasteiger partial charge on any atom is 0.352 e. The van der Waals surface area contributed by atoms with Gasteiger partial charge in [-0.05, 0) is 36.8 Å². The van der Waals surface area contributed by atoms with Gasteiger partial charge in [-0.25, -0.2) is 4.79 Å². The summed E-state index contributed by atoms with van der Waals surface area (Å²) in [5, 5.41) is 9.02. The topological polar surface area (TPSA) is 42.2 Å². The van der Waals surface area contributed by atoms with E-state index >= 15 is 0 Å². The maximum absolute atomic E-state index is 11.0. The number of carbonyl (C=O) groups is 1. The first-order valence-corrected chi connectivity index (χ1v) is 5.95. The molecule has 0 saturated carbocycles. The molecular weight excluding hydrogens is 282 g/mol. The van der Waals surface area contributed by atoms with Gasteiger partial charge in [-0.3, -0.25) is 0 Å². The van der Waals surface area contributed by atoms with Gasteiger partial charge in [-0.2, -0.15) is 0 Å². The number of carboxylic acids is 1. The van der Waals surface area contributed by atoms with Crippen molar-refractivity contribution >= 4 is 21.9 Å². The lowest BCUT2D eigenvalue weighted by molar-refractivity contribution is 0.0687. The second-order valence-electron chi connectivity index (χ2n) is 3.93. The van der Waals surface area contributed by atoms with Gasteiger partial charge in [0.25, 0.3) is 0 Å². The quantitative estimate of drug-likeness (QED) is 0.921. The number of aromatic carboxylic acids is 1. The first-order chi connectivity index (χ1) is 8.00. The highest BCUT2D eigenvalue weighted by molar-refractivity contribution is 9.10. The first-order valence-electron chi connectivity index (χ1n) is 5.16. The van der Waals surface area contributed by atoms with Crippen LogP contribution in [-0.2, 0) is 7.05 Å². The number of hydrogen-bond acceptors (Lipinski definition) is 1. The SMILES string of the molecule is Cc1ccc(Br)cc1-c1ccc(C(=O)O)n1C. The summed E-state index contributed by atoms with van der Waals surface area (Å²) in [6, 6.07) is 9.43. The summed E-state index contributed by atoms with van der Waals surface area (Å²) in [4.78, 5) is 11.0. The molecule has 0 fully saturated rings. The Labute approximate surface area is 108 Å². The van der Waals surface area contributed by atoms with Crippen LogP contribution in [0.25, 0.3) is 11.3 Å². The molecule has 3 nitrogen and oxygen atoms in total. The third kappa shape index (κ3) is 2.13. The summed E-state index contributed by atoms with van der Waals surface area (Å²) < 4.78 is 2.67. The highest BCUT2D eigenvalue weighted by atomic mass is 79.9. The van der Waals surface area contributed by atoms with Crippen molar-refractivity contribution in [2.24, 2.45) is 7.05 Å². The molecular formula is C13H12BrNO2. The molecule has 0 spiro atoms. The van der Waals surface area contributed by atoms with Gasteiger partial charge in [0.05, 0.1) is 0 Å². The standard InChI is InChI=1S/C13H12BrNO2/c1-8-3-4-9(14)7-10(8)11-5-6-12(13(16)17)15(11)2/h3-7H,1-2H3,(H,16,17). The fourth-order valence-electron chi connectivity index (χ4n) is 1.87. The van der Waals surface area contributed by atoms with E-state index in [-0.39, 0.29) is 0 Å². The molecule has 0 aliphatic carbocycles. The second-order valence-corrected chi connectivity index (χ2v) is 4.84. The number of carboxylic acid groups (broad SMARTS) is 1. The Morgan fingerprint density at radius 3 is 2.59 bits per heavy atom. The summed E-state index contributed by atoms with van der Waals surface area (Å²) in [6.07, 6.45) is 0. The largest absolute Gasteiger partial charge is 0.477 e. The van der Waals surface area contributed by atoms with Crippen LogP contribution in [0, 0.1) is 6.92 Å². The summed E-state index contributed by atoms with van der Waals surface area (Å²) in [6.45, 7) is 2.01. The average Bonchev–Trinajstić information content (AvgIpc) is 2.64. The molecule has 1 aromatic heterocycles. The molecule has 2 rings (SSSR count). The highest BCUT2D eigenvalue weighted by Crippen LogP contribution is 2.28. The predicted molar refractivity (Wildman–Crippen MR) is 70.2 cm³/mol. The van der Waals surface area contributed by atoms with E-state index in [1.165, 1.54) is 0 Å². The molecule has 17 heavy (non-hydrogen) atoms. The lowest BCUT2D eigenvalue weighted by Gasteiger charge is -2.09. The molecule has 4 heteroatoms. The van der Waals surface area contributed by atoms with Crippen LogP contribution in [0.1, 0.15) is 16.1 Å². The minimum Gasteiger partial charge on any atom is -0.477 e. The number of aromatic nitrogens is 1. The first kappa shape index (κ1) is 11.9. The molecule has 0 bridgehead atoms.